The average Bonchev–Trinajstić information content (AvgIpc) is 2.83. The molecule has 2 aromatic heterocycles. The summed E-state index contributed by atoms with van der Waals surface area (Å²) >= 11 is 0. The van der Waals surface area contributed by atoms with E-state index in [1.165, 1.54) is 9.96 Å². The maximum atomic E-state index is 9.81. The molecule has 3 aromatic rings. The van der Waals surface area contributed by atoms with Crippen LogP contribution < -0.4 is 5.32 Å². The molecule has 106 valence electrons. The number of nitrogens with one attached hydrogen (secondary N) is 1. The summed E-state index contributed by atoms with van der Waals surface area (Å²) in [5.41, 5.74) is 3.82. The Kier molecular flexibility index (Phi) is 2.54. The topological polar surface area (TPSA) is 69.8 Å². The fourth-order valence-electron chi connectivity index (χ4n) is 2.97. The Hall–Kier alpha value is -2.69. The highest BCUT2D eigenvalue weighted by molar-refractivity contribution is 5.75. The zero-order chi connectivity index (χ0) is 14.4. The molecule has 1 atom stereocenters. The van der Waals surface area contributed by atoms with E-state index >= 15 is 0 Å². The van der Waals surface area contributed by atoms with Gasteiger partial charge in [0.15, 0.2) is 5.65 Å². The molecule has 21 heavy (non-hydrogen) atoms. The fourth-order valence-corrected chi connectivity index (χ4v) is 2.97. The Morgan fingerprint density at radius 2 is 1.95 bits per heavy atom. The Morgan fingerprint density at radius 1 is 1.14 bits per heavy atom. The van der Waals surface area contributed by atoms with Gasteiger partial charge in [-0.15, -0.1) is 0 Å². The molecule has 0 saturated carbocycles. The van der Waals surface area contributed by atoms with Crippen LogP contribution in [0.5, 0.6) is 11.8 Å². The van der Waals surface area contributed by atoms with Crippen molar-refractivity contribution in [3.8, 4) is 11.8 Å². The monoisotopic (exact) mass is 281 g/mol. The predicted molar refractivity (Wildman–Crippen MR) is 79.6 cm³/mol. The normalized spacial score (nSPS) is 17.4. The average molecular weight is 281 g/mol. The lowest BCUT2D eigenvalue weighted by Crippen LogP contribution is -2.18. The van der Waals surface area contributed by atoms with Gasteiger partial charge in [0.1, 0.15) is 0 Å². The summed E-state index contributed by atoms with van der Waals surface area (Å²) in [7, 11) is 0. The molecule has 3 N–H and O–H groups in total. The van der Waals surface area contributed by atoms with E-state index in [0.717, 1.165) is 24.1 Å². The predicted octanol–water partition coefficient (Wildman–Crippen LogP) is 2.84. The van der Waals surface area contributed by atoms with Crippen LogP contribution in [0.3, 0.4) is 0 Å². The van der Waals surface area contributed by atoms with Gasteiger partial charge in [-0.05, 0) is 30.0 Å². The number of benzene rings is 1. The van der Waals surface area contributed by atoms with Gasteiger partial charge in [-0.2, -0.15) is 4.98 Å². The molecule has 1 aromatic carbocycles. The number of rotatable bonds is 1. The van der Waals surface area contributed by atoms with Crippen molar-refractivity contribution in [3.63, 3.8) is 0 Å². The standard InChI is InChI=1S/C16H15N3O2/c20-15-16(21)19-9-8-11-6-7-12(10-4-2-1-3-5-10)17-13(11)14(19)18-15/h1-5,8-9,12,17,20-21H,6-7H2. The van der Waals surface area contributed by atoms with Crippen molar-refractivity contribution in [1.29, 1.82) is 0 Å². The Bertz CT molecular complexity index is 811. The molecule has 0 fully saturated rings. The molecule has 0 saturated heterocycles. The first-order chi connectivity index (χ1) is 10.2. The molecule has 1 aliphatic heterocycles. The molecule has 4 rings (SSSR count). The van der Waals surface area contributed by atoms with E-state index in [1.54, 1.807) is 6.20 Å². The Balaban J connectivity index is 1.82. The zero-order valence-electron chi connectivity index (χ0n) is 11.3. The second-order valence-corrected chi connectivity index (χ2v) is 5.31. The number of hydrogen-bond acceptors (Lipinski definition) is 4. The Morgan fingerprint density at radius 3 is 2.76 bits per heavy atom. The molecule has 1 aliphatic rings. The highest BCUT2D eigenvalue weighted by Gasteiger charge is 2.23. The molecular weight excluding hydrogens is 266 g/mol. The number of aromatic nitrogens is 2. The van der Waals surface area contributed by atoms with E-state index in [-0.39, 0.29) is 17.8 Å². The van der Waals surface area contributed by atoms with Crippen LogP contribution in [0.15, 0.2) is 42.6 Å². The quantitative estimate of drug-likeness (QED) is 0.641. The maximum absolute atomic E-state index is 9.81. The van der Waals surface area contributed by atoms with Crippen LogP contribution >= 0.6 is 0 Å². The van der Waals surface area contributed by atoms with Crippen molar-refractivity contribution in [2.24, 2.45) is 0 Å². The van der Waals surface area contributed by atoms with Gasteiger partial charge >= 0.3 is 0 Å². The van der Waals surface area contributed by atoms with E-state index < -0.39 is 0 Å². The molecule has 0 radical (unpaired) electrons. The van der Waals surface area contributed by atoms with Crippen molar-refractivity contribution in [1.82, 2.24) is 9.38 Å². The molecular formula is C16H15N3O2. The Labute approximate surface area is 121 Å². The van der Waals surface area contributed by atoms with Gasteiger partial charge in [0, 0.05) is 6.20 Å². The minimum atomic E-state index is -0.341. The summed E-state index contributed by atoms with van der Waals surface area (Å²) in [6.45, 7) is 0. The van der Waals surface area contributed by atoms with Gasteiger partial charge in [-0.25, -0.2) is 0 Å². The highest BCUT2D eigenvalue weighted by atomic mass is 16.3. The van der Waals surface area contributed by atoms with E-state index in [0.29, 0.717) is 5.65 Å². The summed E-state index contributed by atoms with van der Waals surface area (Å²) in [4.78, 5) is 4.06. The molecule has 0 spiro atoms. The van der Waals surface area contributed by atoms with Crippen LogP contribution in [0.2, 0.25) is 0 Å². The van der Waals surface area contributed by atoms with E-state index in [2.05, 4.69) is 22.4 Å². The minimum Gasteiger partial charge on any atom is -0.490 e. The highest BCUT2D eigenvalue weighted by Crippen LogP contribution is 2.37. The molecule has 5 heteroatoms. The summed E-state index contributed by atoms with van der Waals surface area (Å²) in [5, 5.41) is 22.9. The third-order valence-electron chi connectivity index (χ3n) is 4.06. The van der Waals surface area contributed by atoms with Crippen molar-refractivity contribution >= 4 is 11.3 Å². The van der Waals surface area contributed by atoms with Gasteiger partial charge in [-0.1, -0.05) is 30.3 Å². The number of imidazole rings is 1. The van der Waals surface area contributed by atoms with Crippen LogP contribution in [0.4, 0.5) is 5.69 Å². The van der Waals surface area contributed by atoms with Crippen LogP contribution in [-0.4, -0.2) is 19.6 Å². The molecule has 0 aliphatic carbocycles. The van der Waals surface area contributed by atoms with Crippen LogP contribution in [0, 0.1) is 0 Å². The molecule has 0 amide bonds. The van der Waals surface area contributed by atoms with Crippen LogP contribution in [-0.2, 0) is 6.42 Å². The van der Waals surface area contributed by atoms with E-state index in [9.17, 15) is 10.2 Å². The number of nitrogens with zero attached hydrogens (tertiary/aromatic N) is 2. The summed E-state index contributed by atoms with van der Waals surface area (Å²) < 4.78 is 1.49. The van der Waals surface area contributed by atoms with Gasteiger partial charge < -0.3 is 15.5 Å². The second-order valence-electron chi connectivity index (χ2n) is 5.31. The lowest BCUT2D eigenvalue weighted by molar-refractivity contribution is 0.381. The number of pyridine rings is 1. The van der Waals surface area contributed by atoms with Crippen molar-refractivity contribution in [2.45, 2.75) is 18.9 Å². The summed E-state index contributed by atoms with van der Waals surface area (Å²) in [6, 6.07) is 12.4. The molecule has 1 unspecified atom stereocenters. The van der Waals surface area contributed by atoms with Crippen LogP contribution in [0.25, 0.3) is 5.65 Å². The van der Waals surface area contributed by atoms with Gasteiger partial charge in [0.2, 0.25) is 0 Å². The third kappa shape index (κ3) is 1.81. The first kappa shape index (κ1) is 12.1. The third-order valence-corrected chi connectivity index (χ3v) is 4.06. The van der Waals surface area contributed by atoms with Gasteiger partial charge in [0.05, 0.1) is 11.7 Å². The fraction of sp³-hybridized carbons (Fsp3) is 0.188. The van der Waals surface area contributed by atoms with E-state index in [4.69, 9.17) is 0 Å². The lowest BCUT2D eigenvalue weighted by atomic mass is 9.94. The van der Waals surface area contributed by atoms with Crippen LogP contribution in [0.1, 0.15) is 23.6 Å². The van der Waals surface area contributed by atoms with Crippen molar-refractivity contribution in [3.05, 3.63) is 53.7 Å². The number of anilines is 1. The summed E-state index contributed by atoms with van der Waals surface area (Å²) in [5.74, 6) is -0.566. The number of hydrogen-bond donors (Lipinski definition) is 3. The zero-order valence-corrected chi connectivity index (χ0v) is 11.3. The maximum Gasteiger partial charge on any atom is 0.276 e. The van der Waals surface area contributed by atoms with Gasteiger partial charge in [0.25, 0.3) is 11.8 Å². The molecule has 3 heterocycles. The molecule has 0 bridgehead atoms. The first-order valence-electron chi connectivity index (χ1n) is 6.97. The lowest BCUT2D eigenvalue weighted by Gasteiger charge is -2.27. The first-order valence-corrected chi connectivity index (χ1v) is 6.97. The second kappa shape index (κ2) is 4.41. The van der Waals surface area contributed by atoms with E-state index in [1.807, 2.05) is 24.3 Å². The van der Waals surface area contributed by atoms with Gasteiger partial charge in [-0.3, -0.25) is 4.40 Å². The minimum absolute atomic E-state index is 0.214. The number of aryl methyl sites for hydroxylation is 1. The SMILES string of the molecule is Oc1nc2c3c(ccn2c1O)CCC(c1ccccc1)N3. The van der Waals surface area contributed by atoms with Crippen molar-refractivity contribution in [2.75, 3.05) is 5.32 Å². The summed E-state index contributed by atoms with van der Waals surface area (Å²) in [6.07, 6.45) is 3.68. The largest absolute Gasteiger partial charge is 0.490 e. The smallest absolute Gasteiger partial charge is 0.276 e. The number of aromatic hydroxyl groups is 2. The number of fused-ring (bicyclic) bond motifs is 3. The van der Waals surface area contributed by atoms with Crippen molar-refractivity contribution < 1.29 is 10.2 Å². The molecule has 5 nitrogen and oxygen atoms in total.